The summed E-state index contributed by atoms with van der Waals surface area (Å²) in [5.41, 5.74) is 13.9. The number of hydrogen-bond acceptors (Lipinski definition) is 2. The Morgan fingerprint density at radius 2 is 1.05 bits per heavy atom. The minimum Gasteiger partial charge on any atom is -0.309 e. The summed E-state index contributed by atoms with van der Waals surface area (Å²) in [5.74, 6) is 0.724. The van der Waals surface area contributed by atoms with Crippen LogP contribution in [-0.2, 0) is 5.41 Å². The monoisotopic (exact) mass is 753 g/mol. The Labute approximate surface area is 342 Å². The van der Waals surface area contributed by atoms with E-state index in [9.17, 15) is 0 Å². The van der Waals surface area contributed by atoms with Gasteiger partial charge in [0.2, 0.25) is 0 Å². The van der Waals surface area contributed by atoms with E-state index in [1.807, 2.05) is 6.07 Å². The molecule has 3 nitrogen and oxygen atoms in total. The first kappa shape index (κ1) is 33.7. The van der Waals surface area contributed by atoms with E-state index in [0.717, 1.165) is 33.9 Å². The lowest BCUT2D eigenvalue weighted by Gasteiger charge is -2.22. The van der Waals surface area contributed by atoms with Gasteiger partial charge in [-0.1, -0.05) is 172 Å². The van der Waals surface area contributed by atoms with E-state index in [2.05, 4.69) is 200 Å². The molecule has 0 saturated heterocycles. The Hall–Kier alpha value is -7.36. The molecule has 0 radical (unpaired) electrons. The van der Waals surface area contributed by atoms with Gasteiger partial charge in [-0.3, -0.25) is 0 Å². The van der Waals surface area contributed by atoms with Gasteiger partial charge in [-0.2, -0.15) is 0 Å². The van der Waals surface area contributed by atoms with Gasteiger partial charge < -0.3 is 4.57 Å². The molecule has 2 heterocycles. The van der Waals surface area contributed by atoms with E-state index in [1.165, 1.54) is 82.1 Å². The van der Waals surface area contributed by atoms with Crippen LogP contribution in [0.15, 0.2) is 198 Å². The number of rotatable bonds is 4. The molecule has 59 heavy (non-hydrogen) atoms. The van der Waals surface area contributed by atoms with Gasteiger partial charge in [0, 0.05) is 39.1 Å². The SMILES string of the molecule is CC1(C)c2ccccc2-c2cc3c4cc(C5=CCC(c6ccccc6)=NC(c6ccccc6)=N5)ccc4n(-c4cccc5c6ccccc6c6ccccc6c45)c3cc21. The lowest BCUT2D eigenvalue weighted by molar-refractivity contribution is 0.661. The zero-order valence-electron chi connectivity index (χ0n) is 32.9. The van der Waals surface area contributed by atoms with Crippen LogP contribution in [0, 0.1) is 0 Å². The molecule has 1 aromatic heterocycles. The van der Waals surface area contributed by atoms with E-state index >= 15 is 0 Å². The highest BCUT2D eigenvalue weighted by atomic mass is 15.0. The van der Waals surface area contributed by atoms with E-state index < -0.39 is 0 Å². The Morgan fingerprint density at radius 1 is 0.441 bits per heavy atom. The van der Waals surface area contributed by atoms with Gasteiger partial charge in [-0.25, -0.2) is 9.98 Å². The van der Waals surface area contributed by atoms with Crippen LogP contribution in [0.2, 0.25) is 0 Å². The highest BCUT2D eigenvalue weighted by Crippen LogP contribution is 2.51. The van der Waals surface area contributed by atoms with Crippen molar-refractivity contribution in [1.29, 1.82) is 0 Å². The number of hydrogen-bond donors (Lipinski definition) is 0. The van der Waals surface area contributed by atoms with Gasteiger partial charge in [0.05, 0.1) is 28.1 Å². The summed E-state index contributed by atoms with van der Waals surface area (Å²) in [6.07, 6.45) is 2.93. The topological polar surface area (TPSA) is 29.6 Å². The van der Waals surface area contributed by atoms with Crippen molar-refractivity contribution in [1.82, 2.24) is 4.57 Å². The highest BCUT2D eigenvalue weighted by Gasteiger charge is 2.36. The lowest BCUT2D eigenvalue weighted by atomic mass is 9.82. The molecular weight excluding hydrogens is 715 g/mol. The fourth-order valence-corrected chi connectivity index (χ4v) is 10.0. The molecule has 2 aliphatic rings. The van der Waals surface area contributed by atoms with Crippen LogP contribution >= 0.6 is 0 Å². The first-order chi connectivity index (χ1) is 29.0. The van der Waals surface area contributed by atoms with Gasteiger partial charge in [0.25, 0.3) is 0 Å². The molecule has 10 aromatic rings. The molecule has 0 saturated carbocycles. The second-order valence-electron chi connectivity index (χ2n) is 16.5. The summed E-state index contributed by atoms with van der Waals surface area (Å²) in [7, 11) is 0. The molecule has 12 rings (SSSR count). The van der Waals surface area contributed by atoms with Gasteiger partial charge in [-0.15, -0.1) is 0 Å². The molecule has 0 fully saturated rings. The molecule has 0 unspecified atom stereocenters. The second kappa shape index (κ2) is 12.8. The van der Waals surface area contributed by atoms with Crippen molar-refractivity contribution in [2.24, 2.45) is 9.98 Å². The summed E-state index contributed by atoms with van der Waals surface area (Å²) < 4.78 is 2.54. The summed E-state index contributed by atoms with van der Waals surface area (Å²) in [5, 5.41) is 10.1. The fourth-order valence-electron chi connectivity index (χ4n) is 10.0. The third kappa shape index (κ3) is 5.08. The summed E-state index contributed by atoms with van der Waals surface area (Å²) in [6, 6.07) is 66.3. The van der Waals surface area contributed by atoms with Crippen LogP contribution in [0.5, 0.6) is 0 Å². The molecule has 278 valence electrons. The van der Waals surface area contributed by atoms with Crippen LogP contribution in [0.1, 0.15) is 48.1 Å². The molecule has 0 bridgehead atoms. The quantitative estimate of drug-likeness (QED) is 0.160. The van der Waals surface area contributed by atoms with Gasteiger partial charge in [0.15, 0.2) is 5.84 Å². The Morgan fingerprint density at radius 3 is 1.80 bits per heavy atom. The zero-order valence-corrected chi connectivity index (χ0v) is 32.9. The minimum atomic E-state index is -0.140. The largest absolute Gasteiger partial charge is 0.309 e. The van der Waals surface area contributed by atoms with Crippen LogP contribution < -0.4 is 0 Å². The molecule has 1 aliphatic heterocycles. The number of fused-ring (bicyclic) bond motifs is 12. The maximum Gasteiger partial charge on any atom is 0.160 e. The van der Waals surface area contributed by atoms with Crippen molar-refractivity contribution in [2.45, 2.75) is 25.7 Å². The molecule has 1 aliphatic carbocycles. The van der Waals surface area contributed by atoms with Crippen LogP contribution in [-0.4, -0.2) is 16.1 Å². The Bertz CT molecular complexity index is 3430. The maximum absolute atomic E-state index is 5.34. The number of aliphatic imine (C=N–C) groups is 2. The molecule has 0 spiro atoms. The van der Waals surface area contributed by atoms with Crippen LogP contribution in [0.3, 0.4) is 0 Å². The summed E-state index contributed by atoms with van der Waals surface area (Å²) >= 11 is 0. The van der Waals surface area contributed by atoms with Crippen LogP contribution in [0.25, 0.3) is 76.6 Å². The normalized spacial score (nSPS) is 14.6. The minimum absolute atomic E-state index is 0.140. The van der Waals surface area contributed by atoms with Gasteiger partial charge >= 0.3 is 0 Å². The van der Waals surface area contributed by atoms with Crippen molar-refractivity contribution in [3.05, 3.63) is 216 Å². The predicted octanol–water partition coefficient (Wildman–Crippen LogP) is 14.2. The number of allylic oxidation sites excluding steroid dienone is 1. The zero-order chi connectivity index (χ0) is 39.2. The lowest BCUT2D eigenvalue weighted by Crippen LogP contribution is -2.15. The Kier molecular flexibility index (Phi) is 7.34. The number of aromatic nitrogens is 1. The third-order valence-electron chi connectivity index (χ3n) is 12.8. The standard InChI is InChI=1S/C56H39N3/c1-56(2)47-26-14-13-23-41(47)44-33-46-45-32-37(50-30-29-49(35-16-5-3-6-17-35)57-55(58-50)36-18-7-4-8-19-36)28-31-51(45)59(53(46)34-48(44)56)52-27-15-25-43-40-21-10-9-20-38(40)39-22-11-12-24-42(39)54(43)52/h3-28,30-34H,29H2,1-2H3. The highest BCUT2D eigenvalue weighted by molar-refractivity contribution is 6.28. The van der Waals surface area contributed by atoms with Gasteiger partial charge in [0.1, 0.15) is 0 Å². The first-order valence-electron chi connectivity index (χ1n) is 20.6. The Balaban J connectivity index is 1.15. The second-order valence-corrected chi connectivity index (χ2v) is 16.5. The molecule has 9 aromatic carbocycles. The average molecular weight is 754 g/mol. The number of nitrogens with zero attached hydrogens (tertiary/aromatic N) is 3. The number of benzene rings is 9. The van der Waals surface area contributed by atoms with Crippen molar-refractivity contribution >= 4 is 71.4 Å². The average Bonchev–Trinajstić information content (AvgIpc) is 3.59. The van der Waals surface area contributed by atoms with E-state index in [-0.39, 0.29) is 5.41 Å². The van der Waals surface area contributed by atoms with Crippen LogP contribution in [0.4, 0.5) is 0 Å². The molecule has 0 N–H and O–H groups in total. The molecular formula is C56H39N3. The maximum atomic E-state index is 5.34. The third-order valence-corrected chi connectivity index (χ3v) is 12.8. The summed E-state index contributed by atoms with van der Waals surface area (Å²) in [6.45, 7) is 4.75. The fraction of sp³-hybridized carbons (Fsp3) is 0.0714. The molecule has 3 heteroatoms. The van der Waals surface area contributed by atoms with Crippen molar-refractivity contribution in [3.63, 3.8) is 0 Å². The van der Waals surface area contributed by atoms with Crippen molar-refractivity contribution < 1.29 is 0 Å². The van der Waals surface area contributed by atoms with E-state index in [1.54, 1.807) is 0 Å². The summed E-state index contributed by atoms with van der Waals surface area (Å²) in [4.78, 5) is 10.5. The smallest absolute Gasteiger partial charge is 0.160 e. The molecule has 0 atom stereocenters. The first-order valence-corrected chi connectivity index (χ1v) is 20.6. The predicted molar refractivity (Wildman–Crippen MR) is 249 cm³/mol. The van der Waals surface area contributed by atoms with Crippen molar-refractivity contribution in [3.8, 4) is 16.8 Å². The van der Waals surface area contributed by atoms with Gasteiger partial charge in [-0.05, 0) is 85.1 Å². The van der Waals surface area contributed by atoms with E-state index in [0.29, 0.717) is 6.42 Å². The van der Waals surface area contributed by atoms with Crippen molar-refractivity contribution in [2.75, 3.05) is 0 Å². The molecule has 0 amide bonds. The number of amidine groups is 1. The van der Waals surface area contributed by atoms with E-state index in [4.69, 9.17) is 9.98 Å².